The van der Waals surface area contributed by atoms with Gasteiger partial charge in [0.25, 0.3) is 0 Å². The minimum absolute atomic E-state index is 0.122. The van der Waals surface area contributed by atoms with Crippen molar-refractivity contribution in [1.29, 1.82) is 0 Å². The Balaban J connectivity index is 1.97. The molecule has 1 heterocycles. The van der Waals surface area contributed by atoms with Gasteiger partial charge in [0.05, 0.1) is 0 Å². The number of aromatic nitrogens is 2. The van der Waals surface area contributed by atoms with Crippen molar-refractivity contribution in [2.75, 3.05) is 5.32 Å². The van der Waals surface area contributed by atoms with Crippen LogP contribution in [0.1, 0.15) is 51.6 Å². The summed E-state index contributed by atoms with van der Waals surface area (Å²) in [7, 11) is 0. The molecule has 4 heteroatoms. The number of H-pyrrole nitrogens is 1. The number of anilines is 1. The van der Waals surface area contributed by atoms with Crippen molar-refractivity contribution >= 4 is 11.7 Å². The molecule has 2 unspecified atom stereocenters. The maximum Gasteiger partial charge on any atom is 0.228 e. The highest BCUT2D eigenvalue weighted by Crippen LogP contribution is 2.32. The van der Waals surface area contributed by atoms with Crippen molar-refractivity contribution in [3.63, 3.8) is 0 Å². The Bertz CT molecular complexity index is 397. The molecule has 17 heavy (non-hydrogen) atoms. The minimum atomic E-state index is 0.122. The highest BCUT2D eigenvalue weighted by molar-refractivity contribution is 5.92. The molecule has 1 fully saturated rings. The van der Waals surface area contributed by atoms with Gasteiger partial charge in [-0.3, -0.25) is 9.89 Å². The second kappa shape index (κ2) is 4.90. The van der Waals surface area contributed by atoms with Crippen molar-refractivity contribution in [2.45, 2.75) is 46.0 Å². The summed E-state index contributed by atoms with van der Waals surface area (Å²) in [4.78, 5) is 12.0. The van der Waals surface area contributed by atoms with Crippen LogP contribution in [0.15, 0.2) is 6.07 Å². The number of nitrogens with one attached hydrogen (secondary N) is 2. The third-order valence-electron chi connectivity index (χ3n) is 3.67. The lowest BCUT2D eigenvalue weighted by atomic mass is 9.97. The Kier molecular flexibility index (Phi) is 3.50. The fourth-order valence-electron chi connectivity index (χ4n) is 2.45. The number of nitrogens with zero attached hydrogens (tertiary/aromatic N) is 1. The molecule has 0 saturated heterocycles. The van der Waals surface area contributed by atoms with E-state index in [1.807, 2.05) is 6.07 Å². The van der Waals surface area contributed by atoms with Crippen LogP contribution in [0.5, 0.6) is 0 Å². The van der Waals surface area contributed by atoms with Gasteiger partial charge in [0.2, 0.25) is 5.91 Å². The molecule has 1 aromatic rings. The van der Waals surface area contributed by atoms with Gasteiger partial charge < -0.3 is 5.32 Å². The summed E-state index contributed by atoms with van der Waals surface area (Å²) < 4.78 is 0. The van der Waals surface area contributed by atoms with E-state index in [0.29, 0.717) is 17.7 Å². The summed E-state index contributed by atoms with van der Waals surface area (Å²) >= 11 is 0. The molecule has 1 amide bonds. The number of rotatable bonds is 3. The molecule has 4 nitrogen and oxygen atoms in total. The topological polar surface area (TPSA) is 57.8 Å². The van der Waals surface area contributed by atoms with Crippen LogP contribution in [0.4, 0.5) is 5.82 Å². The number of hydrogen-bond donors (Lipinski definition) is 2. The van der Waals surface area contributed by atoms with E-state index in [1.165, 1.54) is 0 Å². The lowest BCUT2D eigenvalue weighted by Crippen LogP contribution is -2.24. The van der Waals surface area contributed by atoms with E-state index >= 15 is 0 Å². The molecule has 94 valence electrons. The first-order valence-corrected chi connectivity index (χ1v) is 6.44. The van der Waals surface area contributed by atoms with E-state index in [4.69, 9.17) is 0 Å². The first-order chi connectivity index (χ1) is 8.08. The van der Waals surface area contributed by atoms with Crippen LogP contribution in [0.2, 0.25) is 0 Å². The second-order valence-electron chi connectivity index (χ2n) is 5.37. The van der Waals surface area contributed by atoms with E-state index in [-0.39, 0.29) is 11.8 Å². The van der Waals surface area contributed by atoms with Gasteiger partial charge in [-0.1, -0.05) is 27.2 Å². The van der Waals surface area contributed by atoms with Gasteiger partial charge in [0.15, 0.2) is 5.82 Å². The Labute approximate surface area is 102 Å². The SMILES string of the molecule is CC(C)c1cc(NC(=O)C2CCCC2C)n[nH]1. The van der Waals surface area contributed by atoms with E-state index in [1.54, 1.807) is 0 Å². The van der Waals surface area contributed by atoms with Gasteiger partial charge in [0, 0.05) is 17.7 Å². The van der Waals surface area contributed by atoms with E-state index in [9.17, 15) is 4.79 Å². The molecule has 1 aliphatic rings. The molecule has 1 aromatic heterocycles. The van der Waals surface area contributed by atoms with Crippen LogP contribution in [0, 0.1) is 11.8 Å². The highest BCUT2D eigenvalue weighted by atomic mass is 16.2. The normalized spacial score (nSPS) is 24.2. The molecule has 0 bridgehead atoms. The maximum atomic E-state index is 12.0. The molecule has 2 atom stereocenters. The van der Waals surface area contributed by atoms with Crippen LogP contribution in [-0.4, -0.2) is 16.1 Å². The lowest BCUT2D eigenvalue weighted by Gasteiger charge is -2.13. The molecule has 0 aliphatic heterocycles. The average molecular weight is 235 g/mol. The lowest BCUT2D eigenvalue weighted by molar-refractivity contribution is -0.120. The van der Waals surface area contributed by atoms with Crippen LogP contribution >= 0.6 is 0 Å². The second-order valence-corrected chi connectivity index (χ2v) is 5.37. The van der Waals surface area contributed by atoms with E-state index in [2.05, 4.69) is 36.3 Å². The third-order valence-corrected chi connectivity index (χ3v) is 3.67. The summed E-state index contributed by atoms with van der Waals surface area (Å²) in [6, 6.07) is 1.92. The maximum absolute atomic E-state index is 12.0. The van der Waals surface area contributed by atoms with E-state index in [0.717, 1.165) is 25.0 Å². The van der Waals surface area contributed by atoms with Crippen molar-refractivity contribution in [3.05, 3.63) is 11.8 Å². The highest BCUT2D eigenvalue weighted by Gasteiger charge is 2.29. The first kappa shape index (κ1) is 12.1. The molecule has 0 spiro atoms. The van der Waals surface area contributed by atoms with Crippen LogP contribution in [0.3, 0.4) is 0 Å². The van der Waals surface area contributed by atoms with Crippen molar-refractivity contribution < 1.29 is 4.79 Å². The number of carbonyl (C=O) groups is 1. The Morgan fingerprint density at radius 3 is 2.82 bits per heavy atom. The number of hydrogen-bond acceptors (Lipinski definition) is 2. The molecule has 0 radical (unpaired) electrons. The number of amides is 1. The fraction of sp³-hybridized carbons (Fsp3) is 0.692. The summed E-state index contributed by atoms with van der Waals surface area (Å²) in [6.07, 6.45) is 3.33. The Morgan fingerprint density at radius 2 is 2.29 bits per heavy atom. The molecule has 2 rings (SSSR count). The smallest absolute Gasteiger partial charge is 0.228 e. The van der Waals surface area contributed by atoms with Crippen molar-refractivity contribution in [2.24, 2.45) is 11.8 Å². The van der Waals surface area contributed by atoms with Crippen molar-refractivity contribution in [1.82, 2.24) is 10.2 Å². The summed E-state index contributed by atoms with van der Waals surface area (Å²) in [5.74, 6) is 1.83. The Morgan fingerprint density at radius 1 is 1.53 bits per heavy atom. The largest absolute Gasteiger partial charge is 0.309 e. The third kappa shape index (κ3) is 2.68. The zero-order chi connectivity index (χ0) is 12.4. The van der Waals surface area contributed by atoms with Gasteiger partial charge in [-0.2, -0.15) is 5.10 Å². The standard InChI is InChI=1S/C13H21N3O/c1-8(2)11-7-12(16-15-11)14-13(17)10-6-4-5-9(10)3/h7-10H,4-6H2,1-3H3,(H2,14,15,16,17). The summed E-state index contributed by atoms with van der Waals surface area (Å²) in [5, 5.41) is 9.97. The predicted molar refractivity (Wildman–Crippen MR) is 67.8 cm³/mol. The van der Waals surface area contributed by atoms with Crippen LogP contribution in [0.25, 0.3) is 0 Å². The molecule has 1 saturated carbocycles. The Hall–Kier alpha value is -1.32. The predicted octanol–water partition coefficient (Wildman–Crippen LogP) is 2.91. The molecular weight excluding hydrogens is 214 g/mol. The number of aromatic amines is 1. The van der Waals surface area contributed by atoms with Gasteiger partial charge in [-0.05, 0) is 24.7 Å². The quantitative estimate of drug-likeness (QED) is 0.846. The summed E-state index contributed by atoms with van der Waals surface area (Å²) in [6.45, 7) is 6.34. The zero-order valence-electron chi connectivity index (χ0n) is 10.8. The summed E-state index contributed by atoms with van der Waals surface area (Å²) in [5.41, 5.74) is 1.06. The minimum Gasteiger partial charge on any atom is -0.309 e. The molecule has 1 aliphatic carbocycles. The zero-order valence-corrected chi connectivity index (χ0v) is 10.8. The van der Waals surface area contributed by atoms with Gasteiger partial charge in [-0.15, -0.1) is 0 Å². The van der Waals surface area contributed by atoms with Gasteiger partial charge in [-0.25, -0.2) is 0 Å². The number of carbonyl (C=O) groups excluding carboxylic acids is 1. The molecular formula is C13H21N3O. The van der Waals surface area contributed by atoms with Crippen LogP contribution in [-0.2, 0) is 4.79 Å². The van der Waals surface area contributed by atoms with Crippen LogP contribution < -0.4 is 5.32 Å². The van der Waals surface area contributed by atoms with Crippen molar-refractivity contribution in [3.8, 4) is 0 Å². The monoisotopic (exact) mass is 235 g/mol. The van der Waals surface area contributed by atoms with Gasteiger partial charge in [0.1, 0.15) is 0 Å². The molecule has 2 N–H and O–H groups in total. The molecule has 0 aromatic carbocycles. The van der Waals surface area contributed by atoms with Gasteiger partial charge >= 0.3 is 0 Å². The average Bonchev–Trinajstić information content (AvgIpc) is 2.86. The fourth-order valence-corrected chi connectivity index (χ4v) is 2.45. The van der Waals surface area contributed by atoms with E-state index < -0.39 is 0 Å². The first-order valence-electron chi connectivity index (χ1n) is 6.44.